The van der Waals surface area contributed by atoms with Gasteiger partial charge in [-0.2, -0.15) is 5.26 Å². The van der Waals surface area contributed by atoms with Gasteiger partial charge in [0.1, 0.15) is 12.1 Å². The lowest BCUT2D eigenvalue weighted by Gasteiger charge is -2.28. The van der Waals surface area contributed by atoms with Crippen LogP contribution in [0.15, 0.2) is 54.6 Å². The molecule has 0 saturated carbocycles. The van der Waals surface area contributed by atoms with E-state index in [1.54, 1.807) is 6.92 Å². The average Bonchev–Trinajstić information content (AvgIpc) is 2.86. The second-order valence-electron chi connectivity index (χ2n) is 5.57. The molecule has 1 heterocycles. The monoisotopic (exact) mass is 292 g/mol. The number of benzene rings is 2. The largest absolute Gasteiger partial charge is 0.444 e. The average molecular weight is 292 g/mol. The minimum atomic E-state index is -0.905. The van der Waals surface area contributed by atoms with Crippen molar-refractivity contribution in [3.05, 3.63) is 65.7 Å². The zero-order valence-corrected chi connectivity index (χ0v) is 12.3. The number of nitrogens with zero attached hydrogens (tertiary/aromatic N) is 2. The molecule has 0 aromatic heterocycles. The van der Waals surface area contributed by atoms with E-state index >= 15 is 0 Å². The van der Waals surface area contributed by atoms with Gasteiger partial charge in [0.2, 0.25) is 0 Å². The van der Waals surface area contributed by atoms with E-state index in [4.69, 9.17) is 4.74 Å². The zero-order valence-electron chi connectivity index (χ0n) is 12.3. The summed E-state index contributed by atoms with van der Waals surface area (Å²) in [7, 11) is 0. The number of amides is 1. The van der Waals surface area contributed by atoms with Crippen LogP contribution in [0.1, 0.15) is 18.1 Å². The Morgan fingerprint density at radius 1 is 1.23 bits per heavy atom. The second kappa shape index (κ2) is 5.53. The SMILES string of the molecule is CC1(C#N)Cc2ccccc2N1C(=O)OCc1ccccc1. The van der Waals surface area contributed by atoms with Crippen molar-refractivity contribution in [2.24, 2.45) is 0 Å². The number of carbonyl (C=O) groups is 1. The number of carbonyl (C=O) groups excluding carboxylic acids is 1. The Balaban J connectivity index is 1.82. The van der Waals surface area contributed by atoms with E-state index in [0.29, 0.717) is 6.42 Å². The Kier molecular flexibility index (Phi) is 3.56. The van der Waals surface area contributed by atoms with Gasteiger partial charge in [0.05, 0.1) is 11.8 Å². The van der Waals surface area contributed by atoms with Gasteiger partial charge in [-0.25, -0.2) is 4.79 Å². The minimum Gasteiger partial charge on any atom is -0.444 e. The molecule has 4 heteroatoms. The molecule has 0 aliphatic carbocycles. The summed E-state index contributed by atoms with van der Waals surface area (Å²) < 4.78 is 5.40. The summed E-state index contributed by atoms with van der Waals surface area (Å²) in [5.74, 6) is 0. The Morgan fingerprint density at radius 3 is 2.64 bits per heavy atom. The van der Waals surface area contributed by atoms with Gasteiger partial charge >= 0.3 is 6.09 Å². The molecule has 110 valence electrons. The van der Waals surface area contributed by atoms with E-state index in [2.05, 4.69) is 6.07 Å². The first-order valence-electron chi connectivity index (χ1n) is 7.14. The predicted molar refractivity (Wildman–Crippen MR) is 83.3 cm³/mol. The molecule has 1 aliphatic rings. The van der Waals surface area contributed by atoms with Crippen molar-refractivity contribution in [2.75, 3.05) is 4.90 Å². The molecule has 2 aromatic rings. The molecule has 4 nitrogen and oxygen atoms in total. The van der Waals surface area contributed by atoms with Crippen LogP contribution in [0.25, 0.3) is 0 Å². The third kappa shape index (κ3) is 2.42. The molecule has 3 rings (SSSR count). The molecule has 0 N–H and O–H groups in total. The van der Waals surface area contributed by atoms with Crippen molar-refractivity contribution >= 4 is 11.8 Å². The summed E-state index contributed by atoms with van der Waals surface area (Å²) in [4.78, 5) is 14.0. The maximum atomic E-state index is 12.5. The molecule has 0 saturated heterocycles. The maximum absolute atomic E-state index is 12.5. The van der Waals surface area contributed by atoms with Crippen LogP contribution in [0.3, 0.4) is 0 Å². The molecule has 22 heavy (non-hydrogen) atoms. The predicted octanol–water partition coefficient (Wildman–Crippen LogP) is 3.67. The van der Waals surface area contributed by atoms with Crippen molar-refractivity contribution in [2.45, 2.75) is 25.5 Å². The van der Waals surface area contributed by atoms with Crippen molar-refractivity contribution in [3.63, 3.8) is 0 Å². The summed E-state index contributed by atoms with van der Waals surface area (Å²) in [6, 6.07) is 19.3. The minimum absolute atomic E-state index is 0.194. The van der Waals surface area contributed by atoms with E-state index in [0.717, 1.165) is 16.8 Å². The van der Waals surface area contributed by atoms with Crippen LogP contribution < -0.4 is 4.90 Å². The third-order valence-electron chi connectivity index (χ3n) is 3.89. The Hall–Kier alpha value is -2.80. The molecule has 1 amide bonds. The van der Waals surface area contributed by atoms with Crippen molar-refractivity contribution in [1.29, 1.82) is 5.26 Å². The number of rotatable bonds is 2. The number of para-hydroxylation sites is 1. The molecule has 2 aromatic carbocycles. The van der Waals surface area contributed by atoms with Crippen molar-refractivity contribution in [1.82, 2.24) is 0 Å². The molecule has 0 spiro atoms. The topological polar surface area (TPSA) is 53.3 Å². The highest BCUT2D eigenvalue weighted by molar-refractivity contribution is 5.93. The molecular weight excluding hydrogens is 276 g/mol. The smallest absolute Gasteiger partial charge is 0.416 e. The zero-order chi connectivity index (χ0) is 15.6. The highest BCUT2D eigenvalue weighted by Gasteiger charge is 2.44. The summed E-state index contributed by atoms with van der Waals surface area (Å²) in [5, 5.41) is 9.50. The number of ether oxygens (including phenoxy) is 1. The highest BCUT2D eigenvalue weighted by atomic mass is 16.6. The number of hydrogen-bond donors (Lipinski definition) is 0. The summed E-state index contributed by atoms with van der Waals surface area (Å²) in [5.41, 5.74) is 1.76. The number of hydrogen-bond acceptors (Lipinski definition) is 3. The van der Waals surface area contributed by atoms with Crippen LogP contribution in [-0.4, -0.2) is 11.6 Å². The Bertz CT molecular complexity index is 736. The fraction of sp³-hybridized carbons (Fsp3) is 0.222. The van der Waals surface area contributed by atoms with Gasteiger partial charge in [0.25, 0.3) is 0 Å². The van der Waals surface area contributed by atoms with Gasteiger partial charge in [0, 0.05) is 6.42 Å². The maximum Gasteiger partial charge on any atom is 0.416 e. The summed E-state index contributed by atoms with van der Waals surface area (Å²) >= 11 is 0. The normalized spacial score (nSPS) is 19.4. The summed E-state index contributed by atoms with van der Waals surface area (Å²) in [6.45, 7) is 1.95. The van der Waals surface area contributed by atoms with Crippen LogP contribution in [0.2, 0.25) is 0 Å². The van der Waals surface area contributed by atoms with Crippen LogP contribution >= 0.6 is 0 Å². The van der Waals surface area contributed by atoms with Gasteiger partial charge in [-0.3, -0.25) is 4.90 Å². The number of anilines is 1. The molecule has 1 unspecified atom stereocenters. The number of nitriles is 1. The Labute approximate surface area is 129 Å². The van der Waals surface area contributed by atoms with E-state index in [-0.39, 0.29) is 6.61 Å². The first-order valence-corrected chi connectivity index (χ1v) is 7.14. The van der Waals surface area contributed by atoms with Crippen LogP contribution in [0.5, 0.6) is 0 Å². The molecule has 1 aliphatic heterocycles. The lowest BCUT2D eigenvalue weighted by Crippen LogP contribution is -2.47. The molecule has 0 bridgehead atoms. The fourth-order valence-corrected chi connectivity index (χ4v) is 2.77. The van der Waals surface area contributed by atoms with Crippen molar-refractivity contribution < 1.29 is 9.53 Å². The second-order valence-corrected chi connectivity index (χ2v) is 5.57. The lowest BCUT2D eigenvalue weighted by atomic mass is 9.99. The van der Waals surface area contributed by atoms with Crippen molar-refractivity contribution in [3.8, 4) is 6.07 Å². The van der Waals surface area contributed by atoms with Gasteiger partial charge in [0.15, 0.2) is 0 Å². The quantitative estimate of drug-likeness (QED) is 0.848. The van der Waals surface area contributed by atoms with Gasteiger partial charge in [-0.05, 0) is 24.1 Å². The van der Waals surface area contributed by atoms with Gasteiger partial charge in [-0.15, -0.1) is 0 Å². The Morgan fingerprint density at radius 2 is 1.91 bits per heavy atom. The van der Waals surface area contributed by atoms with E-state index in [1.807, 2.05) is 54.6 Å². The lowest BCUT2D eigenvalue weighted by molar-refractivity contribution is 0.143. The van der Waals surface area contributed by atoms with Crippen LogP contribution in [0.4, 0.5) is 10.5 Å². The van der Waals surface area contributed by atoms with Gasteiger partial charge < -0.3 is 4.74 Å². The van der Waals surface area contributed by atoms with E-state index < -0.39 is 11.6 Å². The third-order valence-corrected chi connectivity index (χ3v) is 3.89. The molecule has 1 atom stereocenters. The number of fused-ring (bicyclic) bond motifs is 1. The van der Waals surface area contributed by atoms with Crippen LogP contribution in [0, 0.1) is 11.3 Å². The molecular formula is C18H16N2O2. The fourth-order valence-electron chi connectivity index (χ4n) is 2.77. The first-order chi connectivity index (χ1) is 10.6. The van der Waals surface area contributed by atoms with Crippen LogP contribution in [-0.2, 0) is 17.8 Å². The summed E-state index contributed by atoms with van der Waals surface area (Å²) in [6.07, 6.45) is 0.0259. The molecule has 0 fully saturated rings. The van der Waals surface area contributed by atoms with E-state index in [1.165, 1.54) is 4.90 Å². The highest BCUT2D eigenvalue weighted by Crippen LogP contribution is 2.38. The molecule has 0 radical (unpaired) electrons. The van der Waals surface area contributed by atoms with Gasteiger partial charge in [-0.1, -0.05) is 48.5 Å². The van der Waals surface area contributed by atoms with E-state index in [9.17, 15) is 10.1 Å². The first kappa shape index (κ1) is 14.2. The standard InChI is InChI=1S/C18H16N2O2/c1-18(13-19)11-15-9-5-6-10-16(15)20(18)17(21)22-12-14-7-3-2-4-8-14/h2-10H,11-12H2,1H3.